The van der Waals surface area contributed by atoms with Crippen LogP contribution in [0, 0.1) is 10.1 Å². The SMILES string of the molecule is CCC(NC(=O)c1ccc(N2CCCC2)c([N+](=O)[O-])c1)c1ccc2c(c1)OCCO2. The summed E-state index contributed by atoms with van der Waals surface area (Å²) in [4.78, 5) is 26.1. The summed E-state index contributed by atoms with van der Waals surface area (Å²) in [6, 6.07) is 10.1. The number of nitrogens with one attached hydrogen (secondary N) is 1. The van der Waals surface area contributed by atoms with Gasteiger partial charge in [0.25, 0.3) is 11.6 Å². The van der Waals surface area contributed by atoms with Crippen LogP contribution in [0.5, 0.6) is 11.5 Å². The van der Waals surface area contributed by atoms with Crippen LogP contribution < -0.4 is 19.7 Å². The van der Waals surface area contributed by atoms with Gasteiger partial charge in [-0.3, -0.25) is 14.9 Å². The van der Waals surface area contributed by atoms with E-state index in [1.54, 1.807) is 12.1 Å². The topological polar surface area (TPSA) is 93.9 Å². The number of rotatable bonds is 6. The Morgan fingerprint density at radius 3 is 2.57 bits per heavy atom. The standard InChI is InChI=1S/C22H25N3O5/c1-2-17(15-6-8-20-21(14-15)30-12-11-29-20)23-22(26)16-5-7-18(19(13-16)25(27)28)24-9-3-4-10-24/h5-8,13-14,17H,2-4,9-12H2,1H3,(H,23,26). The van der Waals surface area contributed by atoms with Crippen molar-refractivity contribution in [2.24, 2.45) is 0 Å². The Kier molecular flexibility index (Phi) is 5.74. The molecule has 0 spiro atoms. The van der Waals surface area contributed by atoms with E-state index in [1.165, 1.54) is 6.07 Å². The Morgan fingerprint density at radius 2 is 1.87 bits per heavy atom. The molecule has 30 heavy (non-hydrogen) atoms. The highest BCUT2D eigenvalue weighted by atomic mass is 16.6. The third kappa shape index (κ3) is 4.03. The summed E-state index contributed by atoms with van der Waals surface area (Å²) in [7, 11) is 0. The molecule has 1 N–H and O–H groups in total. The second-order valence-electron chi connectivity index (χ2n) is 7.49. The first-order valence-corrected chi connectivity index (χ1v) is 10.3. The van der Waals surface area contributed by atoms with Gasteiger partial charge in [-0.2, -0.15) is 0 Å². The average molecular weight is 411 g/mol. The maximum absolute atomic E-state index is 12.9. The highest BCUT2D eigenvalue weighted by molar-refractivity contribution is 5.96. The summed E-state index contributed by atoms with van der Waals surface area (Å²) >= 11 is 0. The first-order valence-electron chi connectivity index (χ1n) is 10.3. The van der Waals surface area contributed by atoms with Crippen LogP contribution in [0.1, 0.15) is 48.1 Å². The minimum absolute atomic E-state index is 0.0306. The summed E-state index contributed by atoms with van der Waals surface area (Å²) in [6.45, 7) is 4.59. The molecule has 2 aliphatic rings. The lowest BCUT2D eigenvalue weighted by atomic mass is 10.0. The molecular weight excluding hydrogens is 386 g/mol. The third-order valence-electron chi connectivity index (χ3n) is 5.56. The zero-order valence-electron chi connectivity index (χ0n) is 16.9. The maximum Gasteiger partial charge on any atom is 0.293 e. The number of anilines is 1. The van der Waals surface area contributed by atoms with Crippen molar-refractivity contribution in [3.8, 4) is 11.5 Å². The predicted molar refractivity (Wildman–Crippen MR) is 112 cm³/mol. The van der Waals surface area contributed by atoms with Crippen LogP contribution in [0.15, 0.2) is 36.4 Å². The van der Waals surface area contributed by atoms with Gasteiger partial charge in [0.1, 0.15) is 18.9 Å². The van der Waals surface area contributed by atoms with Crippen molar-refractivity contribution < 1.29 is 19.2 Å². The van der Waals surface area contributed by atoms with Crippen LogP contribution in [0.25, 0.3) is 0 Å². The molecule has 2 heterocycles. The van der Waals surface area contributed by atoms with Crippen LogP contribution in [0.3, 0.4) is 0 Å². The largest absolute Gasteiger partial charge is 0.486 e. The van der Waals surface area contributed by atoms with Gasteiger partial charge in [0.15, 0.2) is 11.5 Å². The number of fused-ring (bicyclic) bond motifs is 1. The molecule has 1 atom stereocenters. The molecule has 8 heteroatoms. The zero-order valence-corrected chi connectivity index (χ0v) is 16.9. The van der Waals surface area contributed by atoms with Crippen LogP contribution >= 0.6 is 0 Å². The minimum atomic E-state index is -0.414. The van der Waals surface area contributed by atoms with E-state index in [4.69, 9.17) is 9.47 Å². The average Bonchev–Trinajstić information content (AvgIpc) is 3.31. The van der Waals surface area contributed by atoms with Crippen molar-refractivity contribution in [2.45, 2.75) is 32.2 Å². The number of hydrogen-bond donors (Lipinski definition) is 1. The van der Waals surface area contributed by atoms with Gasteiger partial charge in [-0.1, -0.05) is 13.0 Å². The molecule has 158 valence electrons. The lowest BCUT2D eigenvalue weighted by molar-refractivity contribution is -0.384. The number of benzene rings is 2. The van der Waals surface area contributed by atoms with E-state index < -0.39 is 4.92 Å². The van der Waals surface area contributed by atoms with Crippen LogP contribution in [-0.2, 0) is 0 Å². The van der Waals surface area contributed by atoms with Crippen molar-refractivity contribution >= 4 is 17.3 Å². The molecule has 2 aromatic carbocycles. The van der Waals surface area contributed by atoms with Crippen LogP contribution in [0.2, 0.25) is 0 Å². The molecule has 4 rings (SSSR count). The molecule has 1 saturated heterocycles. The smallest absolute Gasteiger partial charge is 0.293 e. The summed E-state index contributed by atoms with van der Waals surface area (Å²) in [6.07, 6.45) is 2.71. The summed E-state index contributed by atoms with van der Waals surface area (Å²) in [5.74, 6) is 1.02. The van der Waals surface area contributed by atoms with Gasteiger partial charge in [0.05, 0.1) is 11.0 Å². The van der Waals surface area contributed by atoms with Gasteiger partial charge >= 0.3 is 0 Å². The lowest BCUT2D eigenvalue weighted by Gasteiger charge is -2.22. The van der Waals surface area contributed by atoms with Crippen LogP contribution in [-0.4, -0.2) is 37.1 Å². The van der Waals surface area contributed by atoms with Crippen molar-refractivity contribution in [1.29, 1.82) is 0 Å². The number of carbonyl (C=O) groups is 1. The second-order valence-corrected chi connectivity index (χ2v) is 7.49. The molecule has 2 aromatic rings. The highest BCUT2D eigenvalue weighted by Crippen LogP contribution is 2.34. The molecule has 1 amide bonds. The predicted octanol–water partition coefficient (Wildman–Crippen LogP) is 3.85. The Morgan fingerprint density at radius 1 is 1.13 bits per heavy atom. The van der Waals surface area contributed by atoms with E-state index in [0.717, 1.165) is 31.5 Å². The number of carbonyl (C=O) groups excluding carboxylic acids is 1. The first kappa shape index (κ1) is 20.0. The van der Waals surface area contributed by atoms with Crippen molar-refractivity contribution in [3.63, 3.8) is 0 Å². The molecule has 1 fully saturated rings. The Bertz CT molecular complexity index is 956. The number of amides is 1. The van der Waals surface area contributed by atoms with E-state index >= 15 is 0 Å². The molecule has 0 radical (unpaired) electrons. The lowest BCUT2D eigenvalue weighted by Crippen LogP contribution is -2.28. The number of ether oxygens (including phenoxy) is 2. The monoisotopic (exact) mass is 411 g/mol. The summed E-state index contributed by atoms with van der Waals surface area (Å²) in [5.41, 5.74) is 1.73. The van der Waals surface area contributed by atoms with Crippen molar-refractivity contribution in [2.75, 3.05) is 31.2 Å². The molecule has 1 unspecified atom stereocenters. The van der Waals surface area contributed by atoms with Gasteiger partial charge in [-0.15, -0.1) is 0 Å². The van der Waals surface area contributed by atoms with Crippen LogP contribution in [0.4, 0.5) is 11.4 Å². The van der Waals surface area contributed by atoms with Gasteiger partial charge < -0.3 is 19.7 Å². The highest BCUT2D eigenvalue weighted by Gasteiger charge is 2.25. The molecule has 0 aromatic heterocycles. The molecule has 8 nitrogen and oxygen atoms in total. The fraction of sp³-hybridized carbons (Fsp3) is 0.409. The van der Waals surface area contributed by atoms with Gasteiger partial charge in [-0.25, -0.2) is 0 Å². The summed E-state index contributed by atoms with van der Waals surface area (Å²) in [5, 5.41) is 14.6. The Hall–Kier alpha value is -3.29. The molecule has 0 aliphatic carbocycles. The van der Waals surface area contributed by atoms with Crippen molar-refractivity contribution in [3.05, 3.63) is 57.6 Å². The fourth-order valence-electron chi connectivity index (χ4n) is 3.98. The number of nitro benzene ring substituents is 1. The minimum Gasteiger partial charge on any atom is -0.486 e. The normalized spacial score (nSPS) is 16.2. The van der Waals surface area contributed by atoms with Gasteiger partial charge in [0.2, 0.25) is 0 Å². The summed E-state index contributed by atoms with van der Waals surface area (Å²) < 4.78 is 11.2. The van der Waals surface area contributed by atoms with E-state index in [0.29, 0.717) is 36.8 Å². The van der Waals surface area contributed by atoms with Gasteiger partial charge in [-0.05, 0) is 49.1 Å². The molecule has 2 aliphatic heterocycles. The van der Waals surface area contributed by atoms with E-state index in [2.05, 4.69) is 5.32 Å². The van der Waals surface area contributed by atoms with Gasteiger partial charge in [0, 0.05) is 24.7 Å². The first-order chi connectivity index (χ1) is 14.6. The van der Waals surface area contributed by atoms with E-state index in [1.807, 2.05) is 30.0 Å². The number of nitrogens with zero attached hydrogens (tertiary/aromatic N) is 2. The maximum atomic E-state index is 12.9. The molecule has 0 bridgehead atoms. The molecule has 0 saturated carbocycles. The zero-order chi connectivity index (χ0) is 21.1. The Labute approximate surface area is 174 Å². The van der Waals surface area contributed by atoms with Crippen molar-refractivity contribution in [1.82, 2.24) is 5.32 Å². The van der Waals surface area contributed by atoms with E-state index in [-0.39, 0.29) is 23.2 Å². The number of nitro groups is 1. The quantitative estimate of drug-likeness (QED) is 0.573. The molecular formula is C22H25N3O5. The van der Waals surface area contributed by atoms with E-state index in [9.17, 15) is 14.9 Å². The third-order valence-corrected chi connectivity index (χ3v) is 5.56. The fourth-order valence-corrected chi connectivity index (χ4v) is 3.98. The Balaban J connectivity index is 1.54. The number of hydrogen-bond acceptors (Lipinski definition) is 6. The second kappa shape index (κ2) is 8.61.